The van der Waals surface area contributed by atoms with E-state index in [0.717, 1.165) is 23.2 Å². The highest BCUT2D eigenvalue weighted by atomic mass is 32.1. The second kappa shape index (κ2) is 7.61. The van der Waals surface area contributed by atoms with Crippen molar-refractivity contribution in [2.24, 2.45) is 5.10 Å². The number of amides is 2. The summed E-state index contributed by atoms with van der Waals surface area (Å²) in [5.41, 5.74) is 3.17. The smallest absolute Gasteiger partial charge is 0.267 e. The van der Waals surface area contributed by atoms with E-state index in [1.54, 1.807) is 11.3 Å². The van der Waals surface area contributed by atoms with Crippen molar-refractivity contribution in [1.29, 1.82) is 0 Å². The van der Waals surface area contributed by atoms with Crippen LogP contribution >= 0.6 is 11.3 Å². The maximum Gasteiger partial charge on any atom is 0.267 e. The van der Waals surface area contributed by atoms with E-state index < -0.39 is 0 Å². The van der Waals surface area contributed by atoms with Gasteiger partial charge in [-0.2, -0.15) is 5.10 Å². The summed E-state index contributed by atoms with van der Waals surface area (Å²) in [6, 6.07) is 9.93. The second-order valence-electron chi connectivity index (χ2n) is 6.13. The molecule has 0 bridgehead atoms. The third-order valence-electron chi connectivity index (χ3n) is 4.12. The van der Waals surface area contributed by atoms with Crippen LogP contribution in [0.5, 0.6) is 0 Å². The monoisotopic (exact) mass is 355 g/mol. The van der Waals surface area contributed by atoms with Crippen molar-refractivity contribution in [1.82, 2.24) is 5.32 Å². The van der Waals surface area contributed by atoms with Crippen molar-refractivity contribution < 1.29 is 9.59 Å². The van der Waals surface area contributed by atoms with Crippen molar-refractivity contribution >= 4 is 34.6 Å². The highest BCUT2D eigenvalue weighted by Gasteiger charge is 2.26. The van der Waals surface area contributed by atoms with Crippen molar-refractivity contribution in [3.63, 3.8) is 0 Å². The van der Waals surface area contributed by atoms with E-state index in [4.69, 9.17) is 0 Å². The molecule has 0 spiro atoms. The summed E-state index contributed by atoms with van der Waals surface area (Å²) < 4.78 is 0. The van der Waals surface area contributed by atoms with Gasteiger partial charge in [-0.05, 0) is 48.9 Å². The van der Waals surface area contributed by atoms with Crippen LogP contribution < -0.4 is 10.3 Å². The van der Waals surface area contributed by atoms with Crippen LogP contribution in [0.15, 0.2) is 40.8 Å². The minimum absolute atomic E-state index is 0.0798. The molecule has 1 aliphatic rings. The van der Waals surface area contributed by atoms with Crippen molar-refractivity contribution in [2.45, 2.75) is 33.1 Å². The topological polar surface area (TPSA) is 61.8 Å². The zero-order valence-corrected chi connectivity index (χ0v) is 15.2. The van der Waals surface area contributed by atoms with Gasteiger partial charge < -0.3 is 5.32 Å². The first-order chi connectivity index (χ1) is 12.0. The van der Waals surface area contributed by atoms with Gasteiger partial charge in [-0.3, -0.25) is 9.59 Å². The molecule has 0 unspecified atom stereocenters. The standard InChI is InChI=1S/C19H21N3O2S/c1-13-5-6-14(2)17(12-13)22-18(23)8-7-16(21-22)19(24)20-10-9-15-4-3-11-25-15/h3-6,11-12H,7-10H2,1-2H3,(H,20,24). The van der Waals surface area contributed by atoms with Crippen LogP contribution in [0, 0.1) is 13.8 Å². The molecule has 2 aromatic rings. The first-order valence-electron chi connectivity index (χ1n) is 8.33. The number of carbonyl (C=O) groups is 2. The number of hydrogen-bond acceptors (Lipinski definition) is 4. The van der Waals surface area contributed by atoms with Gasteiger partial charge in [0, 0.05) is 24.3 Å². The number of hydrogen-bond donors (Lipinski definition) is 1. The molecule has 0 aliphatic carbocycles. The molecule has 1 aliphatic heterocycles. The molecular weight excluding hydrogens is 334 g/mol. The molecular formula is C19H21N3O2S. The van der Waals surface area contributed by atoms with Gasteiger partial charge in [0.25, 0.3) is 5.91 Å². The lowest BCUT2D eigenvalue weighted by atomic mass is 10.1. The van der Waals surface area contributed by atoms with Crippen LogP contribution in [0.1, 0.15) is 28.8 Å². The Bertz CT molecular complexity index is 812. The Morgan fingerprint density at radius 1 is 1.28 bits per heavy atom. The summed E-state index contributed by atoms with van der Waals surface area (Å²) in [5.74, 6) is -0.275. The van der Waals surface area contributed by atoms with E-state index in [2.05, 4.69) is 16.5 Å². The van der Waals surface area contributed by atoms with E-state index in [1.165, 1.54) is 9.89 Å². The van der Waals surface area contributed by atoms with E-state index in [9.17, 15) is 9.59 Å². The van der Waals surface area contributed by atoms with Gasteiger partial charge in [0.05, 0.1) is 5.69 Å². The SMILES string of the molecule is Cc1ccc(C)c(N2N=C(C(=O)NCCc3cccs3)CCC2=O)c1. The predicted molar refractivity (Wildman–Crippen MR) is 101 cm³/mol. The third-order valence-corrected chi connectivity index (χ3v) is 5.06. The molecule has 2 heterocycles. The van der Waals surface area contributed by atoms with Crippen LogP contribution in [0.2, 0.25) is 0 Å². The zero-order chi connectivity index (χ0) is 17.8. The molecule has 6 heteroatoms. The number of thiophene rings is 1. The first-order valence-corrected chi connectivity index (χ1v) is 9.21. The largest absolute Gasteiger partial charge is 0.351 e. The van der Waals surface area contributed by atoms with Crippen molar-refractivity contribution in [3.05, 3.63) is 51.7 Å². The lowest BCUT2D eigenvalue weighted by Crippen LogP contribution is -2.39. The second-order valence-corrected chi connectivity index (χ2v) is 7.16. The van der Waals surface area contributed by atoms with E-state index in [-0.39, 0.29) is 11.8 Å². The fourth-order valence-electron chi connectivity index (χ4n) is 2.71. The normalized spacial score (nSPS) is 14.4. The summed E-state index contributed by atoms with van der Waals surface area (Å²) in [5, 5.41) is 10.6. The summed E-state index contributed by atoms with van der Waals surface area (Å²) in [4.78, 5) is 25.9. The van der Waals surface area contributed by atoms with Gasteiger partial charge in [-0.25, -0.2) is 5.01 Å². The number of nitrogens with zero attached hydrogens (tertiary/aromatic N) is 2. The molecule has 25 heavy (non-hydrogen) atoms. The lowest BCUT2D eigenvalue weighted by Gasteiger charge is -2.24. The highest BCUT2D eigenvalue weighted by molar-refractivity contribution is 7.09. The zero-order valence-electron chi connectivity index (χ0n) is 14.4. The first kappa shape index (κ1) is 17.4. The molecule has 1 aromatic carbocycles. The number of carbonyl (C=O) groups excluding carboxylic acids is 2. The molecule has 0 atom stereocenters. The van der Waals surface area contributed by atoms with Gasteiger partial charge >= 0.3 is 0 Å². The van der Waals surface area contributed by atoms with E-state index in [0.29, 0.717) is 25.1 Å². The Hall–Kier alpha value is -2.47. The molecule has 3 rings (SSSR count). The average Bonchev–Trinajstić information content (AvgIpc) is 3.11. The number of aryl methyl sites for hydroxylation is 2. The molecule has 130 valence electrons. The fraction of sp³-hybridized carbons (Fsp3) is 0.316. The highest BCUT2D eigenvalue weighted by Crippen LogP contribution is 2.25. The summed E-state index contributed by atoms with van der Waals surface area (Å²) >= 11 is 1.68. The molecule has 2 amide bonds. The third kappa shape index (κ3) is 4.14. The minimum atomic E-state index is -0.195. The van der Waals surface area contributed by atoms with Crippen molar-refractivity contribution in [3.8, 4) is 0 Å². The van der Waals surface area contributed by atoms with Crippen molar-refractivity contribution in [2.75, 3.05) is 11.6 Å². The summed E-state index contributed by atoms with van der Waals surface area (Å²) in [6.07, 6.45) is 1.48. The summed E-state index contributed by atoms with van der Waals surface area (Å²) in [6.45, 7) is 4.47. The maximum atomic E-state index is 12.4. The van der Waals surface area contributed by atoms with Gasteiger partial charge in [0.1, 0.15) is 5.71 Å². The van der Waals surface area contributed by atoms with Crippen LogP contribution in [-0.2, 0) is 16.0 Å². The molecule has 1 N–H and O–H groups in total. The number of nitrogens with one attached hydrogen (secondary N) is 1. The van der Waals surface area contributed by atoms with Gasteiger partial charge in [0.15, 0.2) is 0 Å². The maximum absolute atomic E-state index is 12.4. The Labute approximate surface area is 151 Å². The Morgan fingerprint density at radius 3 is 2.88 bits per heavy atom. The van der Waals surface area contributed by atoms with Gasteiger partial charge in [-0.1, -0.05) is 18.2 Å². The Morgan fingerprint density at radius 2 is 2.12 bits per heavy atom. The Balaban J connectivity index is 1.71. The Kier molecular flexibility index (Phi) is 5.28. The predicted octanol–water partition coefficient (Wildman–Crippen LogP) is 3.21. The molecule has 5 nitrogen and oxygen atoms in total. The molecule has 0 fully saturated rings. The fourth-order valence-corrected chi connectivity index (χ4v) is 3.42. The molecule has 0 saturated carbocycles. The van der Waals surface area contributed by atoms with Crippen LogP contribution in [0.4, 0.5) is 5.69 Å². The van der Waals surface area contributed by atoms with Crippen LogP contribution in [0.25, 0.3) is 0 Å². The lowest BCUT2D eigenvalue weighted by molar-refractivity contribution is -0.118. The average molecular weight is 355 g/mol. The van der Waals surface area contributed by atoms with E-state index in [1.807, 2.05) is 43.5 Å². The van der Waals surface area contributed by atoms with Crippen LogP contribution in [0.3, 0.4) is 0 Å². The number of rotatable bonds is 5. The summed E-state index contributed by atoms with van der Waals surface area (Å²) in [7, 11) is 0. The molecule has 1 aromatic heterocycles. The number of benzene rings is 1. The quantitative estimate of drug-likeness (QED) is 0.895. The number of hydrazone groups is 1. The van der Waals surface area contributed by atoms with Gasteiger partial charge in [-0.15, -0.1) is 11.3 Å². The number of anilines is 1. The van der Waals surface area contributed by atoms with E-state index >= 15 is 0 Å². The molecule has 0 radical (unpaired) electrons. The minimum Gasteiger partial charge on any atom is -0.351 e. The molecule has 0 saturated heterocycles. The van der Waals surface area contributed by atoms with Crippen LogP contribution in [-0.4, -0.2) is 24.1 Å². The van der Waals surface area contributed by atoms with Gasteiger partial charge in [0.2, 0.25) is 5.91 Å².